The van der Waals surface area contributed by atoms with Crippen LogP contribution in [0.25, 0.3) is 0 Å². The van der Waals surface area contributed by atoms with Crippen molar-refractivity contribution in [3.05, 3.63) is 95.6 Å². The van der Waals surface area contributed by atoms with E-state index < -0.39 is 10.1 Å². The van der Waals surface area contributed by atoms with E-state index in [0.717, 1.165) is 24.3 Å². The maximum Gasteiger partial charge on any atom is 0.313 e. The number of rotatable bonds is 12. The molecule has 0 radical (unpaired) electrons. The van der Waals surface area contributed by atoms with Crippen LogP contribution in [0, 0.1) is 0 Å². The molecule has 0 heterocycles. The van der Waals surface area contributed by atoms with Gasteiger partial charge < -0.3 is 13.7 Å². The minimum atomic E-state index is -3.70. The highest BCUT2D eigenvalue weighted by Gasteiger charge is 2.14. The van der Waals surface area contributed by atoms with E-state index in [1.807, 2.05) is 37.3 Å². The fourth-order valence-corrected chi connectivity index (χ4v) is 4.41. The molecular weight excluding hydrogens is 424 g/mol. The Kier molecular flexibility index (Phi) is 8.71. The van der Waals surface area contributed by atoms with Gasteiger partial charge in [-0.25, -0.2) is 0 Å². The van der Waals surface area contributed by atoms with Gasteiger partial charge in [0.25, 0.3) is 0 Å². The Hall–Kier alpha value is -2.83. The maximum absolute atomic E-state index is 12.2. The highest BCUT2D eigenvalue weighted by molar-refractivity contribution is 7.86. The Labute approximate surface area is 191 Å². The lowest BCUT2D eigenvalue weighted by molar-refractivity contribution is 0.0768. The van der Waals surface area contributed by atoms with Crippen LogP contribution in [-0.2, 0) is 33.4 Å². The molecule has 6 heteroatoms. The predicted octanol–water partition coefficient (Wildman–Crippen LogP) is 5.18. The SMILES string of the molecule is CCOC(C)Cc1ccc(OCCc2ccc(OS(=O)(=O)Cc3ccccc3)cc2)cc1. The zero-order chi connectivity index (χ0) is 22.8. The Morgan fingerprint density at radius 1 is 0.781 bits per heavy atom. The Morgan fingerprint density at radius 2 is 1.41 bits per heavy atom. The van der Waals surface area contributed by atoms with E-state index in [-0.39, 0.29) is 11.9 Å². The fourth-order valence-electron chi connectivity index (χ4n) is 3.35. The summed E-state index contributed by atoms with van der Waals surface area (Å²) in [4.78, 5) is 0. The van der Waals surface area contributed by atoms with Crippen LogP contribution in [0.2, 0.25) is 0 Å². The van der Waals surface area contributed by atoms with Crippen molar-refractivity contribution in [1.82, 2.24) is 0 Å². The van der Waals surface area contributed by atoms with Gasteiger partial charge in [0, 0.05) is 13.0 Å². The second-order valence-corrected chi connectivity index (χ2v) is 9.20. The van der Waals surface area contributed by atoms with Gasteiger partial charge in [0.1, 0.15) is 17.3 Å². The van der Waals surface area contributed by atoms with Crippen LogP contribution in [0.5, 0.6) is 11.5 Å². The second kappa shape index (κ2) is 11.7. The summed E-state index contributed by atoms with van der Waals surface area (Å²) in [6.45, 7) is 5.32. The van der Waals surface area contributed by atoms with E-state index >= 15 is 0 Å². The van der Waals surface area contributed by atoms with Crippen molar-refractivity contribution < 1.29 is 22.1 Å². The molecule has 0 aromatic heterocycles. The van der Waals surface area contributed by atoms with Gasteiger partial charge in [-0.3, -0.25) is 0 Å². The monoisotopic (exact) mass is 454 g/mol. The van der Waals surface area contributed by atoms with Crippen molar-refractivity contribution in [1.29, 1.82) is 0 Å². The molecule has 0 saturated carbocycles. The normalized spacial score (nSPS) is 12.3. The van der Waals surface area contributed by atoms with E-state index in [1.54, 1.807) is 36.4 Å². The molecule has 0 aliphatic carbocycles. The van der Waals surface area contributed by atoms with Crippen molar-refractivity contribution in [2.75, 3.05) is 13.2 Å². The molecule has 0 fully saturated rings. The third kappa shape index (κ3) is 8.02. The molecule has 0 aliphatic heterocycles. The highest BCUT2D eigenvalue weighted by atomic mass is 32.2. The number of ether oxygens (including phenoxy) is 2. The Balaban J connectivity index is 1.45. The second-order valence-electron chi connectivity index (χ2n) is 7.63. The first-order valence-electron chi connectivity index (χ1n) is 10.8. The molecule has 3 rings (SSSR count). The van der Waals surface area contributed by atoms with Crippen molar-refractivity contribution in [2.24, 2.45) is 0 Å². The number of hydrogen-bond acceptors (Lipinski definition) is 5. The van der Waals surface area contributed by atoms with Gasteiger partial charge in [-0.15, -0.1) is 0 Å². The molecule has 1 atom stereocenters. The average Bonchev–Trinajstić information content (AvgIpc) is 2.76. The van der Waals surface area contributed by atoms with Crippen molar-refractivity contribution in [3.8, 4) is 11.5 Å². The molecule has 5 nitrogen and oxygen atoms in total. The fraction of sp³-hybridized carbons (Fsp3) is 0.308. The summed E-state index contributed by atoms with van der Waals surface area (Å²) in [5.41, 5.74) is 2.95. The Bertz CT molecular complexity index is 1050. The maximum atomic E-state index is 12.2. The summed E-state index contributed by atoms with van der Waals surface area (Å²) in [6, 6.07) is 24.1. The van der Waals surface area contributed by atoms with Gasteiger partial charge in [0.2, 0.25) is 0 Å². The molecule has 0 aliphatic rings. The van der Waals surface area contributed by atoms with Gasteiger partial charge in [0.05, 0.1) is 12.7 Å². The number of hydrogen-bond donors (Lipinski definition) is 0. The third-order valence-electron chi connectivity index (χ3n) is 4.89. The standard InChI is InChI=1S/C26H30O5S/c1-3-29-21(2)19-23-11-13-25(14-12-23)30-18-17-22-9-15-26(16-10-22)31-32(27,28)20-24-7-5-4-6-8-24/h4-16,21H,3,17-20H2,1-2H3. The van der Waals surface area contributed by atoms with Gasteiger partial charge in [-0.05, 0) is 61.2 Å². The minimum Gasteiger partial charge on any atom is -0.493 e. The van der Waals surface area contributed by atoms with Crippen LogP contribution in [-0.4, -0.2) is 27.7 Å². The lowest BCUT2D eigenvalue weighted by atomic mass is 10.1. The topological polar surface area (TPSA) is 61.8 Å². The molecule has 0 bridgehead atoms. The van der Waals surface area contributed by atoms with Crippen LogP contribution >= 0.6 is 0 Å². The first-order valence-corrected chi connectivity index (χ1v) is 12.4. The van der Waals surface area contributed by atoms with Gasteiger partial charge in [0.15, 0.2) is 0 Å². The zero-order valence-corrected chi connectivity index (χ0v) is 19.4. The van der Waals surface area contributed by atoms with E-state index in [2.05, 4.69) is 19.1 Å². The van der Waals surface area contributed by atoms with Crippen molar-refractivity contribution in [3.63, 3.8) is 0 Å². The summed E-state index contributed by atoms with van der Waals surface area (Å²) in [6.07, 6.45) is 1.79. The third-order valence-corrected chi connectivity index (χ3v) is 6.02. The summed E-state index contributed by atoms with van der Waals surface area (Å²) in [5.74, 6) is 0.972. The summed E-state index contributed by atoms with van der Waals surface area (Å²) in [7, 11) is -3.70. The van der Waals surface area contributed by atoms with E-state index in [0.29, 0.717) is 24.3 Å². The highest BCUT2D eigenvalue weighted by Crippen LogP contribution is 2.18. The molecule has 1 unspecified atom stereocenters. The summed E-state index contributed by atoms with van der Waals surface area (Å²) < 4.78 is 41.1. The lowest BCUT2D eigenvalue weighted by Crippen LogP contribution is -2.12. The van der Waals surface area contributed by atoms with E-state index in [4.69, 9.17) is 13.7 Å². The van der Waals surface area contributed by atoms with Crippen LogP contribution < -0.4 is 8.92 Å². The molecule has 0 amide bonds. The number of benzene rings is 3. The molecule has 3 aromatic rings. The molecule has 170 valence electrons. The van der Waals surface area contributed by atoms with Crippen molar-refractivity contribution >= 4 is 10.1 Å². The summed E-state index contributed by atoms with van der Waals surface area (Å²) >= 11 is 0. The lowest BCUT2D eigenvalue weighted by Gasteiger charge is -2.12. The molecule has 32 heavy (non-hydrogen) atoms. The minimum absolute atomic E-state index is 0.160. The van der Waals surface area contributed by atoms with Gasteiger partial charge in [-0.1, -0.05) is 54.6 Å². The molecule has 0 N–H and O–H groups in total. The summed E-state index contributed by atoms with van der Waals surface area (Å²) in [5, 5.41) is 0. The van der Waals surface area contributed by atoms with E-state index in [9.17, 15) is 8.42 Å². The first kappa shape index (κ1) is 23.8. The molecular formula is C26H30O5S. The van der Waals surface area contributed by atoms with Crippen LogP contribution in [0.1, 0.15) is 30.5 Å². The van der Waals surface area contributed by atoms with Crippen molar-refractivity contribution in [2.45, 2.75) is 38.5 Å². The molecule has 0 spiro atoms. The van der Waals surface area contributed by atoms with Gasteiger partial charge in [-0.2, -0.15) is 8.42 Å². The largest absolute Gasteiger partial charge is 0.493 e. The zero-order valence-electron chi connectivity index (χ0n) is 18.6. The smallest absolute Gasteiger partial charge is 0.313 e. The van der Waals surface area contributed by atoms with Crippen LogP contribution in [0.4, 0.5) is 0 Å². The van der Waals surface area contributed by atoms with E-state index in [1.165, 1.54) is 5.56 Å². The molecule has 0 saturated heterocycles. The van der Waals surface area contributed by atoms with Gasteiger partial charge >= 0.3 is 10.1 Å². The predicted molar refractivity (Wildman–Crippen MR) is 127 cm³/mol. The molecule has 3 aromatic carbocycles. The van der Waals surface area contributed by atoms with Crippen LogP contribution in [0.15, 0.2) is 78.9 Å². The quantitative estimate of drug-likeness (QED) is 0.353. The van der Waals surface area contributed by atoms with Crippen LogP contribution in [0.3, 0.4) is 0 Å². The average molecular weight is 455 g/mol. The Morgan fingerprint density at radius 3 is 2.06 bits per heavy atom. The first-order chi connectivity index (χ1) is 15.4.